The number of hydrazine groups is 1. The average molecular weight is 261 g/mol. The van der Waals surface area contributed by atoms with Gasteiger partial charge in [0.25, 0.3) is 0 Å². The molecule has 0 atom stereocenters. The lowest BCUT2D eigenvalue weighted by atomic mass is 10.2. The predicted molar refractivity (Wildman–Crippen MR) is 68.4 cm³/mol. The molecule has 0 aliphatic rings. The number of carbonyl (C=O) groups is 1. The summed E-state index contributed by atoms with van der Waals surface area (Å²) in [5, 5.41) is 0. The maximum absolute atomic E-state index is 11.4. The first-order valence-corrected chi connectivity index (χ1v) is 5.76. The number of amides is 1. The second-order valence-corrected chi connectivity index (χ2v) is 4.12. The van der Waals surface area contributed by atoms with Crippen molar-refractivity contribution in [2.45, 2.75) is 20.5 Å². The van der Waals surface area contributed by atoms with E-state index in [-0.39, 0.29) is 12.4 Å². The molecule has 6 heteroatoms. The van der Waals surface area contributed by atoms with Gasteiger partial charge in [-0.2, -0.15) is 0 Å². The van der Waals surface area contributed by atoms with E-state index in [1.165, 1.54) is 0 Å². The van der Waals surface area contributed by atoms with Crippen molar-refractivity contribution in [1.29, 1.82) is 0 Å². The standard InChI is InChI=1S/C13H15N3O3/c1-8-5-11(19-12(8)13(17)16-14)7-18-10-4-3-9(2)15-6-10/h3-6H,7,14H2,1-2H3,(H,16,17). The molecule has 6 nitrogen and oxygen atoms in total. The van der Waals surface area contributed by atoms with E-state index in [0.29, 0.717) is 17.1 Å². The summed E-state index contributed by atoms with van der Waals surface area (Å²) in [5.74, 6) is 6.00. The Morgan fingerprint density at radius 2 is 2.26 bits per heavy atom. The van der Waals surface area contributed by atoms with Crippen LogP contribution in [0.4, 0.5) is 0 Å². The maximum atomic E-state index is 11.4. The summed E-state index contributed by atoms with van der Waals surface area (Å²) in [6, 6.07) is 5.42. The highest BCUT2D eigenvalue weighted by Gasteiger charge is 2.14. The highest BCUT2D eigenvalue weighted by atomic mass is 16.5. The molecule has 100 valence electrons. The van der Waals surface area contributed by atoms with Gasteiger partial charge in [-0.3, -0.25) is 15.2 Å². The van der Waals surface area contributed by atoms with Crippen molar-refractivity contribution in [2.75, 3.05) is 0 Å². The third-order valence-electron chi connectivity index (χ3n) is 2.57. The SMILES string of the molecule is Cc1ccc(OCc2cc(C)c(C(=O)NN)o2)cn1. The monoisotopic (exact) mass is 261 g/mol. The van der Waals surface area contributed by atoms with Crippen LogP contribution in [-0.2, 0) is 6.61 Å². The van der Waals surface area contributed by atoms with Crippen LogP contribution in [0.2, 0.25) is 0 Å². The summed E-state index contributed by atoms with van der Waals surface area (Å²) < 4.78 is 10.9. The number of ether oxygens (including phenoxy) is 1. The fourth-order valence-corrected chi connectivity index (χ4v) is 1.60. The van der Waals surface area contributed by atoms with Crippen LogP contribution in [0.1, 0.15) is 27.6 Å². The van der Waals surface area contributed by atoms with Gasteiger partial charge in [-0.05, 0) is 32.0 Å². The molecular weight excluding hydrogens is 246 g/mol. The highest BCUT2D eigenvalue weighted by molar-refractivity contribution is 5.92. The molecule has 0 aliphatic heterocycles. The summed E-state index contributed by atoms with van der Waals surface area (Å²) in [5.41, 5.74) is 3.66. The molecule has 2 aromatic heterocycles. The summed E-state index contributed by atoms with van der Waals surface area (Å²) in [7, 11) is 0. The summed E-state index contributed by atoms with van der Waals surface area (Å²) in [6.07, 6.45) is 1.64. The van der Waals surface area contributed by atoms with Gasteiger partial charge in [0.1, 0.15) is 18.1 Å². The molecule has 0 spiro atoms. The lowest BCUT2D eigenvalue weighted by Crippen LogP contribution is -2.30. The number of nitrogens with two attached hydrogens (primary N) is 1. The van der Waals surface area contributed by atoms with E-state index >= 15 is 0 Å². The number of furan rings is 1. The number of hydrogen-bond acceptors (Lipinski definition) is 5. The van der Waals surface area contributed by atoms with Crippen LogP contribution in [0, 0.1) is 13.8 Å². The number of hydrogen-bond donors (Lipinski definition) is 2. The first-order valence-electron chi connectivity index (χ1n) is 5.76. The van der Waals surface area contributed by atoms with Gasteiger partial charge in [-0.15, -0.1) is 0 Å². The van der Waals surface area contributed by atoms with E-state index in [0.717, 1.165) is 5.69 Å². The van der Waals surface area contributed by atoms with Crippen molar-refractivity contribution in [3.8, 4) is 5.75 Å². The molecule has 2 aromatic rings. The number of pyridine rings is 1. The Hall–Kier alpha value is -2.34. The van der Waals surface area contributed by atoms with E-state index in [1.807, 2.05) is 24.5 Å². The largest absolute Gasteiger partial charge is 0.484 e. The van der Waals surface area contributed by atoms with E-state index in [2.05, 4.69) is 4.98 Å². The number of nitrogens with one attached hydrogen (secondary N) is 1. The molecule has 2 heterocycles. The zero-order chi connectivity index (χ0) is 13.8. The Bertz CT molecular complexity index is 575. The van der Waals surface area contributed by atoms with Gasteiger partial charge in [0, 0.05) is 11.3 Å². The molecule has 3 N–H and O–H groups in total. The second kappa shape index (κ2) is 5.53. The third-order valence-corrected chi connectivity index (χ3v) is 2.57. The summed E-state index contributed by atoms with van der Waals surface area (Å²) >= 11 is 0. The van der Waals surface area contributed by atoms with Crippen molar-refractivity contribution in [2.24, 2.45) is 5.84 Å². The number of aromatic nitrogens is 1. The fraction of sp³-hybridized carbons (Fsp3) is 0.231. The number of carbonyl (C=O) groups excluding carboxylic acids is 1. The fourth-order valence-electron chi connectivity index (χ4n) is 1.60. The number of nitrogens with zero attached hydrogens (tertiary/aromatic N) is 1. The smallest absolute Gasteiger partial charge is 0.301 e. The molecule has 19 heavy (non-hydrogen) atoms. The minimum Gasteiger partial charge on any atom is -0.484 e. The average Bonchev–Trinajstić information content (AvgIpc) is 2.78. The number of aryl methyl sites for hydroxylation is 2. The van der Waals surface area contributed by atoms with Gasteiger partial charge in [-0.25, -0.2) is 5.84 Å². The normalized spacial score (nSPS) is 10.3. The Kier molecular flexibility index (Phi) is 3.82. The minimum atomic E-state index is -0.458. The quantitative estimate of drug-likeness (QED) is 0.494. The van der Waals surface area contributed by atoms with Gasteiger partial charge in [0.2, 0.25) is 0 Å². The number of rotatable bonds is 4. The summed E-state index contributed by atoms with van der Waals surface area (Å²) in [6.45, 7) is 3.89. The Labute approximate surface area is 110 Å². The van der Waals surface area contributed by atoms with Gasteiger partial charge < -0.3 is 9.15 Å². The lowest BCUT2D eigenvalue weighted by Gasteiger charge is -2.03. The minimum absolute atomic E-state index is 0.197. The van der Waals surface area contributed by atoms with Gasteiger partial charge in [0.05, 0.1) is 6.20 Å². The van der Waals surface area contributed by atoms with Gasteiger partial charge in [0.15, 0.2) is 5.76 Å². The van der Waals surface area contributed by atoms with E-state index in [9.17, 15) is 4.79 Å². The highest BCUT2D eigenvalue weighted by Crippen LogP contribution is 2.17. The first-order chi connectivity index (χ1) is 9.10. The molecule has 0 saturated carbocycles. The van der Waals surface area contributed by atoms with Crippen molar-refractivity contribution >= 4 is 5.91 Å². The molecule has 0 unspecified atom stereocenters. The third kappa shape index (κ3) is 3.11. The maximum Gasteiger partial charge on any atom is 0.301 e. The first kappa shape index (κ1) is 13.1. The molecule has 0 fully saturated rings. The Balaban J connectivity index is 2.04. The van der Waals surface area contributed by atoms with E-state index < -0.39 is 5.91 Å². The van der Waals surface area contributed by atoms with Crippen molar-refractivity contribution in [3.05, 3.63) is 47.2 Å². The molecule has 1 amide bonds. The zero-order valence-electron chi connectivity index (χ0n) is 10.8. The second-order valence-electron chi connectivity index (χ2n) is 4.12. The predicted octanol–water partition coefficient (Wildman–Crippen LogP) is 1.47. The van der Waals surface area contributed by atoms with Crippen molar-refractivity contribution < 1.29 is 13.9 Å². The molecular formula is C13H15N3O3. The lowest BCUT2D eigenvalue weighted by molar-refractivity contribution is 0.0921. The topological polar surface area (TPSA) is 90.4 Å². The summed E-state index contributed by atoms with van der Waals surface area (Å²) in [4.78, 5) is 15.5. The molecule has 0 saturated heterocycles. The van der Waals surface area contributed by atoms with Crippen LogP contribution in [0.5, 0.6) is 5.75 Å². The van der Waals surface area contributed by atoms with Gasteiger partial charge >= 0.3 is 5.91 Å². The molecule has 0 bridgehead atoms. The van der Waals surface area contributed by atoms with Crippen molar-refractivity contribution in [3.63, 3.8) is 0 Å². The van der Waals surface area contributed by atoms with Crippen LogP contribution in [0.25, 0.3) is 0 Å². The van der Waals surface area contributed by atoms with Crippen LogP contribution in [0.3, 0.4) is 0 Å². The van der Waals surface area contributed by atoms with Crippen LogP contribution >= 0.6 is 0 Å². The molecule has 0 aromatic carbocycles. The van der Waals surface area contributed by atoms with Crippen LogP contribution in [-0.4, -0.2) is 10.9 Å². The molecule has 2 rings (SSSR count). The van der Waals surface area contributed by atoms with E-state index in [4.69, 9.17) is 15.0 Å². The van der Waals surface area contributed by atoms with Crippen molar-refractivity contribution in [1.82, 2.24) is 10.4 Å². The molecule has 0 radical (unpaired) electrons. The van der Waals surface area contributed by atoms with Gasteiger partial charge in [-0.1, -0.05) is 0 Å². The Morgan fingerprint density at radius 3 is 2.89 bits per heavy atom. The Morgan fingerprint density at radius 1 is 1.47 bits per heavy atom. The molecule has 0 aliphatic carbocycles. The number of nitrogen functional groups attached to an aromatic ring is 1. The van der Waals surface area contributed by atoms with Crippen LogP contribution < -0.4 is 16.0 Å². The van der Waals surface area contributed by atoms with Crippen LogP contribution in [0.15, 0.2) is 28.8 Å². The zero-order valence-corrected chi connectivity index (χ0v) is 10.8. The van der Waals surface area contributed by atoms with E-state index in [1.54, 1.807) is 19.2 Å².